The number of amides is 2. The third-order valence-electron chi connectivity index (χ3n) is 3.42. The van der Waals surface area contributed by atoms with Crippen LogP contribution in [0.5, 0.6) is 0 Å². The van der Waals surface area contributed by atoms with Crippen LogP contribution in [0.2, 0.25) is 0 Å². The summed E-state index contributed by atoms with van der Waals surface area (Å²) in [6, 6.07) is 10.2. The average molecular weight is 229 g/mol. The summed E-state index contributed by atoms with van der Waals surface area (Å²) in [4.78, 5) is 13.6. The number of rotatable bonds is 1. The van der Waals surface area contributed by atoms with Gasteiger partial charge in [0.05, 0.1) is 11.8 Å². The van der Waals surface area contributed by atoms with Crippen molar-refractivity contribution in [2.24, 2.45) is 5.10 Å². The fraction of sp³-hybridized carbons (Fsp3) is 0.385. The number of hydrogen-bond acceptors (Lipinski definition) is 2. The molecule has 3 rings (SSSR count). The van der Waals surface area contributed by atoms with Crippen molar-refractivity contribution >= 4 is 11.7 Å². The van der Waals surface area contributed by atoms with Gasteiger partial charge in [-0.15, -0.1) is 0 Å². The van der Waals surface area contributed by atoms with Crippen LogP contribution in [-0.2, 0) is 0 Å². The van der Waals surface area contributed by atoms with Gasteiger partial charge in [-0.05, 0) is 24.8 Å². The molecule has 17 heavy (non-hydrogen) atoms. The predicted molar refractivity (Wildman–Crippen MR) is 65.9 cm³/mol. The highest BCUT2D eigenvalue weighted by Gasteiger charge is 2.34. The van der Waals surface area contributed by atoms with E-state index in [1.54, 1.807) is 0 Å². The monoisotopic (exact) mass is 229 g/mol. The van der Waals surface area contributed by atoms with Gasteiger partial charge >= 0.3 is 6.03 Å². The number of carbonyl (C=O) groups excluding carboxylic acids is 1. The van der Waals surface area contributed by atoms with Gasteiger partial charge in [-0.3, -0.25) is 0 Å². The number of benzene rings is 1. The van der Waals surface area contributed by atoms with E-state index in [9.17, 15) is 4.79 Å². The molecule has 4 nitrogen and oxygen atoms in total. The number of urea groups is 1. The molecule has 1 atom stereocenters. The second kappa shape index (κ2) is 4.20. The molecule has 1 saturated heterocycles. The fourth-order valence-electron chi connectivity index (χ4n) is 2.57. The molecule has 2 aliphatic rings. The molecule has 0 radical (unpaired) electrons. The van der Waals surface area contributed by atoms with E-state index >= 15 is 0 Å². The molecule has 1 fully saturated rings. The lowest BCUT2D eigenvalue weighted by Crippen LogP contribution is -2.55. The zero-order valence-electron chi connectivity index (χ0n) is 9.60. The lowest BCUT2D eigenvalue weighted by molar-refractivity contribution is 0.167. The molecule has 0 aliphatic carbocycles. The number of hydrogen-bond donors (Lipinski definition) is 1. The van der Waals surface area contributed by atoms with Crippen LogP contribution in [0.4, 0.5) is 4.79 Å². The minimum Gasteiger partial charge on any atom is -0.315 e. The van der Waals surface area contributed by atoms with Gasteiger partial charge in [0, 0.05) is 6.54 Å². The summed E-state index contributed by atoms with van der Waals surface area (Å²) in [5, 5.41) is 4.24. The molecule has 1 aromatic rings. The first-order valence-corrected chi connectivity index (χ1v) is 6.06. The minimum atomic E-state index is -0.0608. The van der Waals surface area contributed by atoms with Crippen molar-refractivity contribution in [2.45, 2.75) is 25.3 Å². The standard InChI is InChI=1S/C13H15N3O/c17-13-15-14-12(10-6-2-1-3-7-10)11-8-4-5-9-16(11)13/h1-3,6-7,11H,4-5,8-9H2,(H,15,17). The Morgan fingerprint density at radius 3 is 2.88 bits per heavy atom. The molecule has 0 spiro atoms. The van der Waals surface area contributed by atoms with Crippen molar-refractivity contribution in [3.05, 3.63) is 35.9 Å². The van der Waals surface area contributed by atoms with Crippen molar-refractivity contribution in [3.63, 3.8) is 0 Å². The maximum Gasteiger partial charge on any atom is 0.338 e. The predicted octanol–water partition coefficient (Wildman–Crippen LogP) is 1.97. The summed E-state index contributed by atoms with van der Waals surface area (Å²) in [7, 11) is 0. The Bertz CT molecular complexity index is 455. The van der Waals surface area contributed by atoms with Gasteiger partial charge in [0.15, 0.2) is 0 Å². The average Bonchev–Trinajstić information content (AvgIpc) is 2.41. The highest BCUT2D eigenvalue weighted by molar-refractivity contribution is 6.07. The maximum absolute atomic E-state index is 11.7. The van der Waals surface area contributed by atoms with Gasteiger partial charge in [0.1, 0.15) is 0 Å². The summed E-state index contributed by atoms with van der Waals surface area (Å²) >= 11 is 0. The van der Waals surface area contributed by atoms with Gasteiger partial charge in [0.25, 0.3) is 0 Å². The number of piperidine rings is 1. The van der Waals surface area contributed by atoms with E-state index in [0.717, 1.165) is 30.7 Å². The lowest BCUT2D eigenvalue weighted by atomic mass is 9.93. The molecule has 1 aromatic carbocycles. The Kier molecular flexibility index (Phi) is 2.55. The molecule has 88 valence electrons. The van der Waals surface area contributed by atoms with Crippen LogP contribution >= 0.6 is 0 Å². The van der Waals surface area contributed by atoms with Crippen molar-refractivity contribution in [3.8, 4) is 0 Å². The van der Waals surface area contributed by atoms with Gasteiger partial charge in [0.2, 0.25) is 0 Å². The molecule has 2 aliphatic heterocycles. The summed E-state index contributed by atoms with van der Waals surface area (Å²) in [5.41, 5.74) is 4.70. The van der Waals surface area contributed by atoms with Crippen molar-refractivity contribution in [1.29, 1.82) is 0 Å². The third kappa shape index (κ3) is 1.79. The summed E-state index contributed by atoms with van der Waals surface area (Å²) in [5.74, 6) is 0. The first-order chi connectivity index (χ1) is 8.36. The van der Waals surface area contributed by atoms with Crippen molar-refractivity contribution < 1.29 is 4.79 Å². The molecule has 0 saturated carbocycles. The van der Waals surface area contributed by atoms with Gasteiger partial charge in [-0.2, -0.15) is 5.10 Å². The second-order valence-electron chi connectivity index (χ2n) is 4.48. The number of nitrogens with zero attached hydrogens (tertiary/aromatic N) is 2. The largest absolute Gasteiger partial charge is 0.338 e. The fourth-order valence-corrected chi connectivity index (χ4v) is 2.57. The maximum atomic E-state index is 11.7. The Morgan fingerprint density at radius 1 is 1.24 bits per heavy atom. The molecule has 2 heterocycles. The SMILES string of the molecule is O=C1NN=C(c2ccccc2)C2CCCCN12. The van der Waals surface area contributed by atoms with Crippen LogP contribution in [0.25, 0.3) is 0 Å². The molecule has 4 heteroatoms. The number of nitrogens with one attached hydrogen (secondary N) is 1. The van der Waals surface area contributed by atoms with Crippen molar-refractivity contribution in [1.82, 2.24) is 10.3 Å². The van der Waals surface area contributed by atoms with Crippen molar-refractivity contribution in [2.75, 3.05) is 6.54 Å². The smallest absolute Gasteiger partial charge is 0.315 e. The highest BCUT2D eigenvalue weighted by atomic mass is 16.2. The van der Waals surface area contributed by atoms with Crippen LogP contribution in [0.3, 0.4) is 0 Å². The van der Waals surface area contributed by atoms with E-state index in [-0.39, 0.29) is 12.1 Å². The Morgan fingerprint density at radius 2 is 2.06 bits per heavy atom. The van der Waals surface area contributed by atoms with Crippen LogP contribution in [-0.4, -0.2) is 29.2 Å². The van der Waals surface area contributed by atoms with E-state index in [0.29, 0.717) is 0 Å². The van der Waals surface area contributed by atoms with Crippen LogP contribution in [0, 0.1) is 0 Å². The number of hydrazone groups is 1. The normalized spacial score (nSPS) is 23.8. The van der Waals surface area contributed by atoms with Gasteiger partial charge < -0.3 is 4.90 Å². The first kappa shape index (κ1) is 10.3. The Balaban J connectivity index is 1.96. The van der Waals surface area contributed by atoms with Crippen LogP contribution in [0.15, 0.2) is 35.4 Å². The van der Waals surface area contributed by atoms with Crippen LogP contribution < -0.4 is 5.43 Å². The van der Waals surface area contributed by atoms with E-state index in [2.05, 4.69) is 10.5 Å². The number of carbonyl (C=O) groups is 1. The van der Waals surface area contributed by atoms with E-state index in [1.165, 1.54) is 6.42 Å². The van der Waals surface area contributed by atoms with E-state index in [1.807, 2.05) is 35.2 Å². The second-order valence-corrected chi connectivity index (χ2v) is 4.48. The van der Waals surface area contributed by atoms with E-state index in [4.69, 9.17) is 0 Å². The Labute approximate surface area is 100 Å². The molecule has 0 bridgehead atoms. The van der Waals surface area contributed by atoms with Gasteiger partial charge in [-0.1, -0.05) is 30.3 Å². The Hall–Kier alpha value is -1.84. The van der Waals surface area contributed by atoms with Crippen LogP contribution in [0.1, 0.15) is 24.8 Å². The molecule has 2 amide bonds. The lowest BCUT2D eigenvalue weighted by Gasteiger charge is -2.38. The summed E-state index contributed by atoms with van der Waals surface area (Å²) in [6.45, 7) is 0.836. The minimum absolute atomic E-state index is 0.0608. The molecule has 1 unspecified atom stereocenters. The third-order valence-corrected chi connectivity index (χ3v) is 3.42. The van der Waals surface area contributed by atoms with E-state index < -0.39 is 0 Å². The summed E-state index contributed by atoms with van der Waals surface area (Å²) in [6.07, 6.45) is 3.27. The molecule has 1 N–H and O–H groups in total. The zero-order valence-corrected chi connectivity index (χ0v) is 9.60. The highest BCUT2D eigenvalue weighted by Crippen LogP contribution is 2.23. The molecular formula is C13H15N3O. The quantitative estimate of drug-likeness (QED) is 0.786. The zero-order chi connectivity index (χ0) is 11.7. The number of fused-ring (bicyclic) bond motifs is 1. The topological polar surface area (TPSA) is 44.7 Å². The summed E-state index contributed by atoms with van der Waals surface area (Å²) < 4.78 is 0. The molecule has 0 aromatic heterocycles. The first-order valence-electron chi connectivity index (χ1n) is 6.06. The van der Waals surface area contributed by atoms with Gasteiger partial charge in [-0.25, -0.2) is 10.2 Å². The molecular weight excluding hydrogens is 214 g/mol.